The summed E-state index contributed by atoms with van der Waals surface area (Å²) in [6, 6.07) is 0.0912. The highest BCUT2D eigenvalue weighted by atomic mass is 32.1. The number of nitrogens with two attached hydrogens (primary N) is 1. The number of nitrogens with zero attached hydrogens (tertiary/aromatic N) is 1. The van der Waals surface area contributed by atoms with Gasteiger partial charge in [-0.05, 0) is 25.8 Å². The molecule has 1 fully saturated rings. The highest BCUT2D eigenvalue weighted by molar-refractivity contribution is 7.80. The molecule has 0 aromatic rings. The van der Waals surface area contributed by atoms with Gasteiger partial charge in [-0.15, -0.1) is 0 Å². The van der Waals surface area contributed by atoms with E-state index in [-0.39, 0.29) is 6.04 Å². The van der Waals surface area contributed by atoms with Crippen molar-refractivity contribution in [3.63, 3.8) is 0 Å². The lowest BCUT2D eigenvalue weighted by Crippen LogP contribution is -2.48. The fourth-order valence-electron chi connectivity index (χ4n) is 1.88. The molecule has 4 heteroatoms. The van der Waals surface area contributed by atoms with E-state index in [0.29, 0.717) is 18.0 Å². The van der Waals surface area contributed by atoms with Gasteiger partial charge in [-0.2, -0.15) is 0 Å². The second kappa shape index (κ2) is 4.86. The fraction of sp³-hybridized carbons (Fsp3) is 0.889. The zero-order valence-corrected chi connectivity index (χ0v) is 8.82. The van der Waals surface area contributed by atoms with Crippen LogP contribution in [0.2, 0.25) is 0 Å². The molecule has 0 amide bonds. The van der Waals surface area contributed by atoms with Crippen molar-refractivity contribution in [2.75, 3.05) is 13.1 Å². The normalized spacial score (nSPS) is 27.1. The molecule has 2 N–H and O–H groups in total. The number of thiocarbonyl (C=S) groups is 1. The molecule has 0 aliphatic carbocycles. The Bertz CT molecular complexity index is 186. The maximum Gasteiger partial charge on any atom is 0.113 e. The van der Waals surface area contributed by atoms with Crippen molar-refractivity contribution in [3.05, 3.63) is 0 Å². The van der Waals surface area contributed by atoms with E-state index in [2.05, 4.69) is 4.90 Å². The lowest BCUT2D eigenvalue weighted by atomic mass is 10.1. The van der Waals surface area contributed by atoms with Gasteiger partial charge in [0.15, 0.2) is 0 Å². The summed E-state index contributed by atoms with van der Waals surface area (Å²) in [6.07, 6.45) is 1.78. The van der Waals surface area contributed by atoms with E-state index in [9.17, 15) is 4.39 Å². The van der Waals surface area contributed by atoms with E-state index in [1.807, 2.05) is 6.92 Å². The highest BCUT2D eigenvalue weighted by Crippen LogP contribution is 2.17. The quantitative estimate of drug-likeness (QED) is 0.706. The first-order valence-corrected chi connectivity index (χ1v) is 5.23. The van der Waals surface area contributed by atoms with Crippen molar-refractivity contribution in [3.8, 4) is 0 Å². The van der Waals surface area contributed by atoms with E-state index in [4.69, 9.17) is 18.0 Å². The summed E-state index contributed by atoms with van der Waals surface area (Å²) in [5, 5.41) is 0. The average Bonchev–Trinajstić information content (AvgIpc) is 2.04. The number of halogens is 1. The molecule has 0 aromatic carbocycles. The van der Waals surface area contributed by atoms with Crippen LogP contribution in [0.4, 0.5) is 4.39 Å². The molecule has 0 radical (unpaired) electrons. The molecule has 1 aliphatic heterocycles. The minimum atomic E-state index is -0.697. The summed E-state index contributed by atoms with van der Waals surface area (Å²) in [5.74, 6) is 0. The van der Waals surface area contributed by atoms with Gasteiger partial charge >= 0.3 is 0 Å². The lowest BCUT2D eigenvalue weighted by molar-refractivity contribution is 0.121. The second-order valence-corrected chi connectivity index (χ2v) is 4.03. The Hall–Kier alpha value is -0.220. The standard InChI is InChI=1S/C9H17FN2S/c1-2-8(9(11)13)12-5-3-4-7(10)6-12/h7-8H,2-6H2,1H3,(H2,11,13). The number of hydrogen-bond donors (Lipinski definition) is 1. The Morgan fingerprint density at radius 1 is 1.77 bits per heavy atom. The van der Waals surface area contributed by atoms with E-state index in [1.54, 1.807) is 0 Å². The number of hydrogen-bond acceptors (Lipinski definition) is 2. The van der Waals surface area contributed by atoms with Crippen molar-refractivity contribution in [1.29, 1.82) is 0 Å². The predicted octanol–water partition coefficient (Wildman–Crippen LogP) is 1.49. The first-order chi connectivity index (χ1) is 6.15. The van der Waals surface area contributed by atoms with Gasteiger partial charge in [0.1, 0.15) is 6.17 Å². The zero-order valence-electron chi connectivity index (χ0n) is 8.00. The monoisotopic (exact) mass is 204 g/mol. The molecule has 1 saturated heterocycles. The second-order valence-electron chi connectivity index (χ2n) is 3.56. The third kappa shape index (κ3) is 2.88. The molecular weight excluding hydrogens is 187 g/mol. The van der Waals surface area contributed by atoms with Gasteiger partial charge in [0.25, 0.3) is 0 Å². The van der Waals surface area contributed by atoms with Gasteiger partial charge < -0.3 is 5.73 Å². The summed E-state index contributed by atoms with van der Waals surface area (Å²) in [4.78, 5) is 2.56. The topological polar surface area (TPSA) is 29.3 Å². The molecular formula is C9H17FN2S. The third-order valence-electron chi connectivity index (χ3n) is 2.55. The van der Waals surface area contributed by atoms with Crippen molar-refractivity contribution in [2.45, 2.75) is 38.4 Å². The fourth-order valence-corrected chi connectivity index (χ4v) is 2.19. The summed E-state index contributed by atoms with van der Waals surface area (Å²) < 4.78 is 13.1. The smallest absolute Gasteiger partial charge is 0.113 e. The molecule has 0 bridgehead atoms. The molecule has 0 spiro atoms. The van der Waals surface area contributed by atoms with Gasteiger partial charge in [-0.3, -0.25) is 4.90 Å². The molecule has 1 aliphatic rings. The first kappa shape index (κ1) is 10.9. The summed E-state index contributed by atoms with van der Waals surface area (Å²) in [7, 11) is 0. The van der Waals surface area contributed by atoms with Gasteiger partial charge in [-0.1, -0.05) is 19.1 Å². The Morgan fingerprint density at radius 2 is 2.46 bits per heavy atom. The van der Waals surface area contributed by atoms with Crippen LogP contribution in [-0.2, 0) is 0 Å². The van der Waals surface area contributed by atoms with E-state index >= 15 is 0 Å². The molecule has 1 heterocycles. The molecule has 76 valence electrons. The van der Waals surface area contributed by atoms with Gasteiger partial charge in [-0.25, -0.2) is 4.39 Å². The van der Waals surface area contributed by atoms with Crippen LogP contribution in [0, 0.1) is 0 Å². The van der Waals surface area contributed by atoms with Crippen LogP contribution in [0.25, 0.3) is 0 Å². The van der Waals surface area contributed by atoms with Crippen molar-refractivity contribution >= 4 is 17.2 Å². The summed E-state index contributed by atoms with van der Waals surface area (Å²) in [5.41, 5.74) is 5.59. The van der Waals surface area contributed by atoms with E-state index in [0.717, 1.165) is 19.4 Å². The van der Waals surface area contributed by atoms with Crippen LogP contribution >= 0.6 is 12.2 Å². The number of piperidine rings is 1. The molecule has 2 atom stereocenters. The molecule has 1 rings (SSSR count). The van der Waals surface area contributed by atoms with Gasteiger partial charge in [0.05, 0.1) is 11.0 Å². The van der Waals surface area contributed by atoms with Crippen LogP contribution in [0.3, 0.4) is 0 Å². The van der Waals surface area contributed by atoms with Crippen molar-refractivity contribution in [2.24, 2.45) is 5.73 Å². The zero-order chi connectivity index (χ0) is 9.84. The minimum absolute atomic E-state index is 0.0912. The Kier molecular flexibility index (Phi) is 4.06. The lowest BCUT2D eigenvalue weighted by Gasteiger charge is -2.34. The van der Waals surface area contributed by atoms with Gasteiger partial charge in [0, 0.05) is 6.54 Å². The third-order valence-corrected chi connectivity index (χ3v) is 2.82. The van der Waals surface area contributed by atoms with Gasteiger partial charge in [0.2, 0.25) is 0 Å². The molecule has 13 heavy (non-hydrogen) atoms. The van der Waals surface area contributed by atoms with Crippen LogP contribution in [0.1, 0.15) is 26.2 Å². The maximum absolute atomic E-state index is 13.1. The van der Waals surface area contributed by atoms with E-state index in [1.165, 1.54) is 0 Å². The van der Waals surface area contributed by atoms with Crippen molar-refractivity contribution in [1.82, 2.24) is 4.90 Å². The summed E-state index contributed by atoms with van der Waals surface area (Å²) in [6.45, 7) is 3.46. The average molecular weight is 204 g/mol. The number of likely N-dealkylation sites (tertiary alicyclic amines) is 1. The molecule has 2 nitrogen and oxygen atoms in total. The highest BCUT2D eigenvalue weighted by Gasteiger charge is 2.25. The largest absolute Gasteiger partial charge is 0.392 e. The number of alkyl halides is 1. The maximum atomic E-state index is 13.1. The molecule has 0 saturated carbocycles. The Morgan fingerprint density at radius 3 is 2.92 bits per heavy atom. The predicted molar refractivity (Wildman–Crippen MR) is 56.6 cm³/mol. The summed E-state index contributed by atoms with van der Waals surface area (Å²) >= 11 is 4.95. The number of rotatable bonds is 3. The van der Waals surface area contributed by atoms with Crippen LogP contribution in [0.15, 0.2) is 0 Å². The van der Waals surface area contributed by atoms with Crippen LogP contribution < -0.4 is 5.73 Å². The first-order valence-electron chi connectivity index (χ1n) is 4.82. The minimum Gasteiger partial charge on any atom is -0.392 e. The Balaban J connectivity index is 2.52. The van der Waals surface area contributed by atoms with Crippen LogP contribution in [0.5, 0.6) is 0 Å². The molecule has 2 unspecified atom stereocenters. The Labute approximate surface area is 84.3 Å². The van der Waals surface area contributed by atoms with Crippen LogP contribution in [-0.4, -0.2) is 35.2 Å². The molecule has 0 aromatic heterocycles. The SMILES string of the molecule is CCC(C(N)=S)N1CCCC(F)C1. The van der Waals surface area contributed by atoms with Crippen molar-refractivity contribution < 1.29 is 4.39 Å². The van der Waals surface area contributed by atoms with E-state index < -0.39 is 6.17 Å².